The maximum atomic E-state index is 13.0. The second-order valence-electron chi connectivity index (χ2n) is 9.24. The normalized spacial score (nSPS) is 26.7. The van der Waals surface area contributed by atoms with E-state index in [-0.39, 0.29) is 48.9 Å². The van der Waals surface area contributed by atoms with Crippen LogP contribution in [0.5, 0.6) is 0 Å². The van der Waals surface area contributed by atoms with Crippen LogP contribution in [0.3, 0.4) is 0 Å². The standard InChI is InChI=1S/C25H32N2O3/c1-17(2)8-9-18-10-12-19(13-11-18)24-21-14-26(15-23(29)27(21)22(24)16-28)25(30)20-6-4-3-5-7-20/h10-13,17,20-22,24,28H,3-7,14-16H2,1-2H3/t21-,22-,24+/m0/s1. The molecule has 160 valence electrons. The molecule has 0 unspecified atom stereocenters. The number of benzene rings is 1. The molecule has 1 saturated carbocycles. The third-order valence-electron chi connectivity index (χ3n) is 6.82. The Morgan fingerprint density at radius 3 is 2.50 bits per heavy atom. The molecule has 2 aliphatic heterocycles. The summed E-state index contributed by atoms with van der Waals surface area (Å²) in [4.78, 5) is 29.4. The van der Waals surface area contributed by atoms with Gasteiger partial charge in [0.25, 0.3) is 0 Å². The van der Waals surface area contributed by atoms with Crippen molar-refractivity contribution in [1.82, 2.24) is 9.80 Å². The molecule has 30 heavy (non-hydrogen) atoms. The van der Waals surface area contributed by atoms with Crippen LogP contribution in [-0.2, 0) is 9.59 Å². The van der Waals surface area contributed by atoms with Crippen molar-refractivity contribution in [2.45, 2.75) is 64.0 Å². The van der Waals surface area contributed by atoms with Crippen LogP contribution in [-0.4, -0.2) is 58.5 Å². The first-order valence-electron chi connectivity index (χ1n) is 11.3. The summed E-state index contributed by atoms with van der Waals surface area (Å²) in [5, 5.41) is 9.96. The smallest absolute Gasteiger partial charge is 0.242 e. The Morgan fingerprint density at radius 1 is 1.17 bits per heavy atom. The van der Waals surface area contributed by atoms with Gasteiger partial charge < -0.3 is 14.9 Å². The Bertz CT molecular complexity index is 845. The lowest BCUT2D eigenvalue weighted by Crippen LogP contribution is -2.73. The van der Waals surface area contributed by atoms with Gasteiger partial charge in [-0.05, 0) is 30.5 Å². The summed E-state index contributed by atoms with van der Waals surface area (Å²) >= 11 is 0. The van der Waals surface area contributed by atoms with Crippen molar-refractivity contribution in [1.29, 1.82) is 0 Å². The summed E-state index contributed by atoms with van der Waals surface area (Å²) in [6.07, 6.45) is 5.31. The highest BCUT2D eigenvalue weighted by Gasteiger charge is 2.54. The zero-order chi connectivity index (χ0) is 21.3. The van der Waals surface area contributed by atoms with Gasteiger partial charge in [-0.1, -0.05) is 57.1 Å². The van der Waals surface area contributed by atoms with E-state index >= 15 is 0 Å². The van der Waals surface area contributed by atoms with Crippen molar-refractivity contribution < 1.29 is 14.7 Å². The van der Waals surface area contributed by atoms with Crippen LogP contribution in [0, 0.1) is 23.7 Å². The summed E-state index contributed by atoms with van der Waals surface area (Å²) in [6, 6.07) is 7.88. The van der Waals surface area contributed by atoms with Crippen LogP contribution in [0.1, 0.15) is 63.0 Å². The van der Waals surface area contributed by atoms with Gasteiger partial charge in [0.2, 0.25) is 11.8 Å². The largest absolute Gasteiger partial charge is 0.394 e. The van der Waals surface area contributed by atoms with Crippen molar-refractivity contribution in [3.63, 3.8) is 0 Å². The first-order chi connectivity index (χ1) is 14.5. The zero-order valence-corrected chi connectivity index (χ0v) is 18.0. The number of piperazine rings is 1. The molecule has 2 amide bonds. The van der Waals surface area contributed by atoms with E-state index < -0.39 is 0 Å². The van der Waals surface area contributed by atoms with E-state index in [1.807, 2.05) is 17.0 Å². The number of carbonyl (C=O) groups excluding carboxylic acids is 2. The lowest BCUT2D eigenvalue weighted by molar-refractivity contribution is -0.168. The number of carbonyl (C=O) groups is 2. The molecule has 3 aliphatic rings. The molecule has 1 aromatic carbocycles. The number of rotatable bonds is 3. The predicted octanol–water partition coefficient (Wildman–Crippen LogP) is 2.77. The Kier molecular flexibility index (Phi) is 6.15. The van der Waals surface area contributed by atoms with Crippen molar-refractivity contribution in [3.05, 3.63) is 35.4 Å². The molecule has 5 nitrogen and oxygen atoms in total. The zero-order valence-electron chi connectivity index (χ0n) is 18.0. The Labute approximate surface area is 179 Å². The van der Waals surface area contributed by atoms with E-state index in [1.54, 1.807) is 4.90 Å². The average Bonchev–Trinajstić information content (AvgIpc) is 2.74. The summed E-state index contributed by atoms with van der Waals surface area (Å²) in [5.74, 6) is 6.90. The molecular weight excluding hydrogens is 376 g/mol. The van der Waals surface area contributed by atoms with Crippen molar-refractivity contribution in [3.8, 4) is 11.8 Å². The van der Waals surface area contributed by atoms with Gasteiger partial charge >= 0.3 is 0 Å². The number of hydrogen-bond acceptors (Lipinski definition) is 3. The minimum Gasteiger partial charge on any atom is -0.394 e. The molecule has 1 aliphatic carbocycles. The fraction of sp³-hybridized carbons (Fsp3) is 0.600. The number of fused-ring (bicyclic) bond motifs is 1. The van der Waals surface area contributed by atoms with Gasteiger partial charge in [0.05, 0.1) is 25.2 Å². The van der Waals surface area contributed by atoms with Crippen LogP contribution in [0.25, 0.3) is 0 Å². The molecule has 1 aromatic rings. The van der Waals surface area contributed by atoms with Crippen LogP contribution < -0.4 is 0 Å². The minimum atomic E-state index is -0.206. The molecule has 0 aromatic heterocycles. The Balaban J connectivity index is 1.51. The van der Waals surface area contributed by atoms with Gasteiger partial charge in [0, 0.05) is 29.9 Å². The van der Waals surface area contributed by atoms with Crippen LogP contribution >= 0.6 is 0 Å². The monoisotopic (exact) mass is 408 g/mol. The van der Waals surface area contributed by atoms with Crippen LogP contribution in [0.15, 0.2) is 24.3 Å². The van der Waals surface area contributed by atoms with Crippen LogP contribution in [0.2, 0.25) is 0 Å². The quantitative estimate of drug-likeness (QED) is 0.783. The van der Waals surface area contributed by atoms with Gasteiger partial charge in [-0.25, -0.2) is 0 Å². The topological polar surface area (TPSA) is 60.9 Å². The van der Waals surface area contributed by atoms with Crippen molar-refractivity contribution in [2.24, 2.45) is 11.8 Å². The molecule has 2 saturated heterocycles. The van der Waals surface area contributed by atoms with E-state index in [2.05, 4.69) is 37.8 Å². The van der Waals surface area contributed by atoms with Gasteiger partial charge in [-0.3, -0.25) is 9.59 Å². The number of nitrogens with zero attached hydrogens (tertiary/aromatic N) is 2. The summed E-state index contributed by atoms with van der Waals surface area (Å²) < 4.78 is 0. The van der Waals surface area contributed by atoms with Crippen molar-refractivity contribution >= 4 is 11.8 Å². The van der Waals surface area contributed by atoms with E-state index in [0.29, 0.717) is 12.5 Å². The van der Waals surface area contributed by atoms with Gasteiger partial charge in [-0.15, -0.1) is 0 Å². The van der Waals surface area contributed by atoms with E-state index in [1.165, 1.54) is 6.42 Å². The van der Waals surface area contributed by atoms with E-state index in [0.717, 1.165) is 36.8 Å². The predicted molar refractivity (Wildman–Crippen MR) is 116 cm³/mol. The lowest BCUT2D eigenvalue weighted by Gasteiger charge is -2.59. The number of amides is 2. The van der Waals surface area contributed by atoms with Gasteiger partial charge in [0.15, 0.2) is 0 Å². The van der Waals surface area contributed by atoms with E-state index in [9.17, 15) is 14.7 Å². The average molecular weight is 409 g/mol. The molecular formula is C25H32N2O3. The Hall–Kier alpha value is -2.32. The third-order valence-corrected chi connectivity index (χ3v) is 6.82. The number of hydrogen-bond donors (Lipinski definition) is 1. The highest BCUT2D eigenvalue weighted by Crippen LogP contribution is 2.43. The van der Waals surface area contributed by atoms with Gasteiger partial charge in [-0.2, -0.15) is 0 Å². The minimum absolute atomic E-state index is 0.0369. The molecule has 4 rings (SSSR count). The molecule has 2 heterocycles. The Morgan fingerprint density at radius 2 is 1.87 bits per heavy atom. The molecule has 3 atom stereocenters. The highest BCUT2D eigenvalue weighted by atomic mass is 16.3. The van der Waals surface area contributed by atoms with Gasteiger partial charge in [0.1, 0.15) is 0 Å². The molecule has 0 bridgehead atoms. The second-order valence-corrected chi connectivity index (χ2v) is 9.24. The molecule has 0 radical (unpaired) electrons. The van der Waals surface area contributed by atoms with Crippen LogP contribution in [0.4, 0.5) is 0 Å². The third kappa shape index (κ3) is 3.98. The van der Waals surface area contributed by atoms with Crippen molar-refractivity contribution in [2.75, 3.05) is 19.7 Å². The molecule has 0 spiro atoms. The first kappa shape index (κ1) is 20.9. The second kappa shape index (κ2) is 8.81. The lowest BCUT2D eigenvalue weighted by atomic mass is 9.73. The summed E-state index contributed by atoms with van der Waals surface area (Å²) in [6.45, 7) is 4.79. The molecule has 3 fully saturated rings. The SMILES string of the molecule is CC(C)C#Cc1ccc([C@H]2[C@H](CO)N3C(=O)CN(C(=O)C4CCCCC4)C[C@@H]23)cc1. The fourth-order valence-electron chi connectivity index (χ4n) is 5.29. The highest BCUT2D eigenvalue weighted by molar-refractivity contribution is 5.88. The summed E-state index contributed by atoms with van der Waals surface area (Å²) in [7, 11) is 0. The number of aliphatic hydroxyl groups is 1. The maximum Gasteiger partial charge on any atom is 0.242 e. The number of aliphatic hydroxyl groups excluding tert-OH is 1. The van der Waals surface area contributed by atoms with E-state index in [4.69, 9.17) is 0 Å². The fourth-order valence-corrected chi connectivity index (χ4v) is 5.29. The first-order valence-corrected chi connectivity index (χ1v) is 11.3. The maximum absolute atomic E-state index is 13.0. The molecule has 5 heteroatoms. The summed E-state index contributed by atoms with van der Waals surface area (Å²) in [5.41, 5.74) is 2.07. The molecule has 1 N–H and O–H groups in total.